The highest BCUT2D eigenvalue weighted by molar-refractivity contribution is 5.88. The number of hydrogen-bond acceptors (Lipinski definition) is 4. The fourth-order valence-corrected chi connectivity index (χ4v) is 3.08. The number of nitrogens with two attached hydrogens (primary N) is 1. The summed E-state index contributed by atoms with van der Waals surface area (Å²) in [7, 11) is 0. The lowest BCUT2D eigenvalue weighted by atomic mass is 10.2. The van der Waals surface area contributed by atoms with Crippen LogP contribution in [0.1, 0.15) is 10.4 Å². The second-order valence-corrected chi connectivity index (χ2v) is 6.30. The normalized spacial score (nSPS) is 10.7. The molecule has 0 aliphatic rings. The Morgan fingerprint density at radius 1 is 1.00 bits per heavy atom. The van der Waals surface area contributed by atoms with Crippen LogP contribution in [0.15, 0.2) is 72.8 Å². The van der Waals surface area contributed by atoms with Crippen LogP contribution >= 0.6 is 0 Å². The first kappa shape index (κ1) is 17.5. The molecule has 6 nitrogen and oxygen atoms in total. The van der Waals surface area contributed by atoms with E-state index in [0.29, 0.717) is 22.7 Å². The number of imidazole rings is 1. The molecule has 1 heterocycles. The first-order chi connectivity index (χ1) is 13.6. The number of hydrogen-bond donors (Lipinski definition) is 1. The molecule has 0 spiro atoms. The van der Waals surface area contributed by atoms with Gasteiger partial charge in [0, 0.05) is 11.1 Å². The molecular formula is C22H17N3O3. The van der Waals surface area contributed by atoms with Gasteiger partial charge in [0.15, 0.2) is 0 Å². The third kappa shape index (κ3) is 3.48. The highest BCUT2D eigenvalue weighted by atomic mass is 16.5. The largest absolute Gasteiger partial charge is 0.457 e. The van der Waals surface area contributed by atoms with Crippen molar-refractivity contribution in [2.75, 3.05) is 0 Å². The molecule has 138 valence electrons. The predicted octanol–water partition coefficient (Wildman–Crippen LogP) is 3.79. The third-order valence-electron chi connectivity index (χ3n) is 4.29. The van der Waals surface area contributed by atoms with Crippen molar-refractivity contribution in [3.05, 3.63) is 78.4 Å². The number of nitrogens with zero attached hydrogens (tertiary/aromatic N) is 2. The third-order valence-corrected chi connectivity index (χ3v) is 4.29. The number of para-hydroxylation sites is 1. The monoisotopic (exact) mass is 371 g/mol. The van der Waals surface area contributed by atoms with Crippen LogP contribution in [0.3, 0.4) is 0 Å². The lowest BCUT2D eigenvalue weighted by molar-refractivity contribution is -0.118. The maximum atomic E-state index is 11.6. The number of aldehydes is 1. The number of fused-ring (bicyclic) bond motifs is 1. The van der Waals surface area contributed by atoms with Gasteiger partial charge in [0.05, 0.1) is 11.0 Å². The zero-order valence-electron chi connectivity index (χ0n) is 14.9. The molecule has 0 fully saturated rings. The molecule has 0 saturated heterocycles. The summed E-state index contributed by atoms with van der Waals surface area (Å²) in [6, 6.07) is 22.1. The van der Waals surface area contributed by atoms with E-state index in [1.165, 1.54) is 0 Å². The van der Waals surface area contributed by atoms with Gasteiger partial charge in [0.1, 0.15) is 30.2 Å². The summed E-state index contributed by atoms with van der Waals surface area (Å²) in [5, 5.41) is 0. The van der Waals surface area contributed by atoms with Crippen molar-refractivity contribution in [3.8, 4) is 22.9 Å². The second kappa shape index (κ2) is 7.36. The Bertz CT molecular complexity index is 1170. The number of ether oxygens (including phenoxy) is 1. The molecule has 3 aromatic carbocycles. The number of amides is 1. The van der Waals surface area contributed by atoms with Crippen LogP contribution in [0.4, 0.5) is 0 Å². The quantitative estimate of drug-likeness (QED) is 0.522. The van der Waals surface area contributed by atoms with Crippen molar-refractivity contribution in [3.63, 3.8) is 0 Å². The minimum Gasteiger partial charge on any atom is -0.457 e. The molecule has 28 heavy (non-hydrogen) atoms. The molecule has 1 aromatic heterocycles. The van der Waals surface area contributed by atoms with Gasteiger partial charge in [-0.25, -0.2) is 4.98 Å². The molecule has 4 rings (SSSR count). The highest BCUT2D eigenvalue weighted by Gasteiger charge is 2.15. The van der Waals surface area contributed by atoms with Crippen LogP contribution in [-0.2, 0) is 11.3 Å². The molecule has 6 heteroatoms. The van der Waals surface area contributed by atoms with E-state index in [-0.39, 0.29) is 6.54 Å². The number of aromatic nitrogens is 2. The van der Waals surface area contributed by atoms with Crippen molar-refractivity contribution in [1.82, 2.24) is 9.55 Å². The van der Waals surface area contributed by atoms with Gasteiger partial charge >= 0.3 is 0 Å². The molecule has 0 unspecified atom stereocenters. The Morgan fingerprint density at radius 2 is 1.79 bits per heavy atom. The van der Waals surface area contributed by atoms with E-state index in [0.717, 1.165) is 23.1 Å². The van der Waals surface area contributed by atoms with Crippen LogP contribution in [-0.4, -0.2) is 21.7 Å². The van der Waals surface area contributed by atoms with Crippen LogP contribution < -0.4 is 10.5 Å². The summed E-state index contributed by atoms with van der Waals surface area (Å²) in [6.45, 7) is -0.0178. The SMILES string of the molecule is NC(=O)Cn1c(-c2cccc(Oc3ccccc3)c2)nc2cc(C=O)ccc21. The molecule has 0 atom stereocenters. The van der Waals surface area contributed by atoms with Gasteiger partial charge in [-0.1, -0.05) is 30.3 Å². The highest BCUT2D eigenvalue weighted by Crippen LogP contribution is 2.29. The summed E-state index contributed by atoms with van der Waals surface area (Å²) < 4.78 is 7.64. The molecule has 4 aromatic rings. The lowest BCUT2D eigenvalue weighted by Gasteiger charge is -2.09. The molecule has 0 aliphatic heterocycles. The topological polar surface area (TPSA) is 87.2 Å². The molecule has 0 radical (unpaired) electrons. The van der Waals surface area contributed by atoms with E-state index in [2.05, 4.69) is 4.98 Å². The first-order valence-electron chi connectivity index (χ1n) is 8.71. The Hall–Kier alpha value is -3.93. The van der Waals surface area contributed by atoms with E-state index in [1.807, 2.05) is 54.6 Å². The maximum Gasteiger partial charge on any atom is 0.237 e. The molecule has 0 bridgehead atoms. The minimum atomic E-state index is -0.475. The zero-order valence-corrected chi connectivity index (χ0v) is 14.9. The lowest BCUT2D eigenvalue weighted by Crippen LogP contribution is -2.19. The van der Waals surface area contributed by atoms with Gasteiger partial charge in [0.25, 0.3) is 0 Å². The number of rotatable bonds is 6. The van der Waals surface area contributed by atoms with Crippen molar-refractivity contribution < 1.29 is 14.3 Å². The fraction of sp³-hybridized carbons (Fsp3) is 0.0455. The van der Waals surface area contributed by atoms with E-state index < -0.39 is 5.91 Å². The summed E-state index contributed by atoms with van der Waals surface area (Å²) in [4.78, 5) is 27.3. The summed E-state index contributed by atoms with van der Waals surface area (Å²) in [5.41, 5.74) is 8.09. The Labute approximate surface area is 161 Å². The Kier molecular flexibility index (Phi) is 4.60. The van der Waals surface area contributed by atoms with Gasteiger partial charge in [-0.2, -0.15) is 0 Å². The maximum absolute atomic E-state index is 11.6. The van der Waals surface area contributed by atoms with Gasteiger partial charge in [-0.3, -0.25) is 9.59 Å². The smallest absolute Gasteiger partial charge is 0.237 e. The van der Waals surface area contributed by atoms with Crippen LogP contribution in [0.25, 0.3) is 22.4 Å². The zero-order chi connectivity index (χ0) is 19.5. The van der Waals surface area contributed by atoms with E-state index >= 15 is 0 Å². The van der Waals surface area contributed by atoms with Gasteiger partial charge in [-0.15, -0.1) is 0 Å². The minimum absolute atomic E-state index is 0.0178. The van der Waals surface area contributed by atoms with E-state index in [1.54, 1.807) is 22.8 Å². The molecule has 1 amide bonds. The molecule has 0 aliphatic carbocycles. The average molecular weight is 371 g/mol. The molecule has 2 N–H and O–H groups in total. The van der Waals surface area contributed by atoms with Gasteiger partial charge in [-0.05, 0) is 42.5 Å². The van der Waals surface area contributed by atoms with E-state index in [9.17, 15) is 9.59 Å². The summed E-state index contributed by atoms with van der Waals surface area (Å²) >= 11 is 0. The van der Waals surface area contributed by atoms with Crippen LogP contribution in [0.2, 0.25) is 0 Å². The summed E-state index contributed by atoms with van der Waals surface area (Å²) in [5.74, 6) is 1.47. The summed E-state index contributed by atoms with van der Waals surface area (Å²) in [6.07, 6.45) is 0.764. The van der Waals surface area contributed by atoms with Crippen molar-refractivity contribution in [2.24, 2.45) is 5.73 Å². The van der Waals surface area contributed by atoms with Crippen molar-refractivity contribution in [2.45, 2.75) is 6.54 Å². The molecule has 0 saturated carbocycles. The predicted molar refractivity (Wildman–Crippen MR) is 106 cm³/mol. The van der Waals surface area contributed by atoms with Crippen LogP contribution in [0, 0.1) is 0 Å². The Morgan fingerprint density at radius 3 is 2.54 bits per heavy atom. The number of primary amides is 1. The Balaban J connectivity index is 1.80. The fourth-order valence-electron chi connectivity index (χ4n) is 3.08. The molecular weight excluding hydrogens is 354 g/mol. The van der Waals surface area contributed by atoms with Gasteiger partial charge in [0.2, 0.25) is 5.91 Å². The van der Waals surface area contributed by atoms with Gasteiger partial charge < -0.3 is 15.0 Å². The van der Waals surface area contributed by atoms with Crippen LogP contribution in [0.5, 0.6) is 11.5 Å². The first-order valence-corrected chi connectivity index (χ1v) is 8.71. The number of carbonyl (C=O) groups excluding carboxylic acids is 2. The number of carbonyl (C=O) groups is 2. The number of benzene rings is 3. The van der Waals surface area contributed by atoms with Crippen molar-refractivity contribution >= 4 is 23.2 Å². The van der Waals surface area contributed by atoms with E-state index in [4.69, 9.17) is 10.5 Å². The second-order valence-electron chi connectivity index (χ2n) is 6.30. The average Bonchev–Trinajstić information content (AvgIpc) is 3.06. The van der Waals surface area contributed by atoms with Crippen molar-refractivity contribution in [1.29, 1.82) is 0 Å². The standard InChI is InChI=1S/C22H17N3O3/c23-21(27)13-25-20-10-9-15(14-26)11-19(20)24-22(25)16-5-4-8-18(12-16)28-17-6-2-1-3-7-17/h1-12,14H,13H2,(H2,23,27).